The third-order valence-electron chi connectivity index (χ3n) is 2.25. The van der Waals surface area contributed by atoms with Crippen LogP contribution in [-0.2, 0) is 10.5 Å². The van der Waals surface area contributed by atoms with Crippen molar-refractivity contribution in [3.8, 4) is 0 Å². The zero-order valence-electron chi connectivity index (χ0n) is 9.92. The number of methoxy groups -OCH3 is 1. The third kappa shape index (κ3) is 3.68. The summed E-state index contributed by atoms with van der Waals surface area (Å²) >= 11 is 6.35. The summed E-state index contributed by atoms with van der Waals surface area (Å²) < 4.78 is 6.35. The molecule has 5 nitrogen and oxygen atoms in total. The molecule has 0 aliphatic rings. The largest absolute Gasteiger partial charge is 0.465 e. The standard InChI is InChI=1S/C11H10BrN3O2S2/c1-17-9(16)6-2-3-7(8(12)4-6)5-18-11-15-14-10(13)19-11/h2-4H,5H2,1H3,(H2,13,14). The predicted molar refractivity (Wildman–Crippen MR) is 79.4 cm³/mol. The number of aromatic nitrogens is 2. The molecule has 0 amide bonds. The fourth-order valence-electron chi connectivity index (χ4n) is 1.33. The number of esters is 1. The number of nitrogen functional groups attached to an aromatic ring is 1. The maximum Gasteiger partial charge on any atom is 0.337 e. The second kappa shape index (κ2) is 6.36. The first kappa shape index (κ1) is 14.3. The molecule has 8 heteroatoms. The number of hydrogen-bond acceptors (Lipinski definition) is 7. The molecule has 2 aromatic rings. The second-order valence-electron chi connectivity index (χ2n) is 3.49. The summed E-state index contributed by atoms with van der Waals surface area (Å²) in [6, 6.07) is 5.37. The van der Waals surface area contributed by atoms with Gasteiger partial charge in [0, 0.05) is 10.2 Å². The van der Waals surface area contributed by atoms with Crippen molar-refractivity contribution in [1.29, 1.82) is 0 Å². The van der Waals surface area contributed by atoms with Gasteiger partial charge in [-0.2, -0.15) is 0 Å². The predicted octanol–water partition coefficient (Wildman–Crippen LogP) is 2.96. The summed E-state index contributed by atoms with van der Waals surface area (Å²) in [5.74, 6) is 0.369. The van der Waals surface area contributed by atoms with Gasteiger partial charge in [0.05, 0.1) is 12.7 Å². The fourth-order valence-corrected chi connectivity index (χ4v) is 3.67. The van der Waals surface area contributed by atoms with E-state index in [0.29, 0.717) is 10.7 Å². The minimum atomic E-state index is -0.350. The lowest BCUT2D eigenvalue weighted by atomic mass is 10.1. The van der Waals surface area contributed by atoms with Gasteiger partial charge in [-0.1, -0.05) is 45.1 Å². The molecule has 2 rings (SSSR count). The third-order valence-corrected chi connectivity index (χ3v) is 4.92. The molecule has 0 fully saturated rings. The normalized spacial score (nSPS) is 10.4. The number of rotatable bonds is 4. The van der Waals surface area contributed by atoms with E-state index in [9.17, 15) is 4.79 Å². The molecule has 0 atom stereocenters. The summed E-state index contributed by atoms with van der Waals surface area (Å²) in [6.45, 7) is 0. The quantitative estimate of drug-likeness (QED) is 0.667. The molecule has 0 aliphatic carbocycles. The Balaban J connectivity index is 2.07. The zero-order chi connectivity index (χ0) is 13.8. The minimum absolute atomic E-state index is 0.350. The number of ether oxygens (including phenoxy) is 1. The van der Waals surface area contributed by atoms with Gasteiger partial charge in [-0.3, -0.25) is 0 Å². The number of benzene rings is 1. The monoisotopic (exact) mass is 359 g/mol. The molecular weight excluding hydrogens is 350 g/mol. The minimum Gasteiger partial charge on any atom is -0.465 e. The molecule has 1 aromatic carbocycles. The number of carbonyl (C=O) groups excluding carboxylic acids is 1. The second-order valence-corrected chi connectivity index (χ2v) is 6.58. The van der Waals surface area contributed by atoms with Gasteiger partial charge in [-0.05, 0) is 17.7 Å². The van der Waals surface area contributed by atoms with E-state index in [2.05, 4.69) is 30.9 Å². The Morgan fingerprint density at radius 1 is 1.53 bits per heavy atom. The van der Waals surface area contributed by atoms with Gasteiger partial charge in [0.2, 0.25) is 5.13 Å². The molecule has 0 aliphatic heterocycles. The van der Waals surface area contributed by atoms with Gasteiger partial charge >= 0.3 is 5.97 Å². The van der Waals surface area contributed by atoms with Crippen LogP contribution < -0.4 is 5.73 Å². The number of nitrogens with two attached hydrogens (primary N) is 1. The van der Waals surface area contributed by atoms with Crippen LogP contribution in [0.5, 0.6) is 0 Å². The molecule has 19 heavy (non-hydrogen) atoms. The first-order chi connectivity index (χ1) is 9.10. The first-order valence-electron chi connectivity index (χ1n) is 5.18. The summed E-state index contributed by atoms with van der Waals surface area (Å²) in [7, 11) is 1.36. The Morgan fingerprint density at radius 3 is 2.89 bits per heavy atom. The number of halogens is 1. The van der Waals surface area contributed by atoms with Crippen molar-refractivity contribution >= 4 is 50.1 Å². The van der Waals surface area contributed by atoms with Crippen molar-refractivity contribution in [2.75, 3.05) is 12.8 Å². The molecule has 1 aromatic heterocycles. The van der Waals surface area contributed by atoms with Crippen LogP contribution in [-0.4, -0.2) is 23.3 Å². The van der Waals surface area contributed by atoms with Gasteiger partial charge in [0.1, 0.15) is 0 Å². The molecular formula is C11H10BrN3O2S2. The van der Waals surface area contributed by atoms with Crippen LogP contribution in [0.25, 0.3) is 0 Å². The van der Waals surface area contributed by atoms with Crippen molar-refractivity contribution in [1.82, 2.24) is 10.2 Å². The lowest BCUT2D eigenvalue weighted by Crippen LogP contribution is -2.01. The van der Waals surface area contributed by atoms with E-state index >= 15 is 0 Å². The Labute approximate surface area is 126 Å². The highest BCUT2D eigenvalue weighted by molar-refractivity contribution is 9.10. The lowest BCUT2D eigenvalue weighted by Gasteiger charge is -2.05. The average molecular weight is 360 g/mol. The maximum absolute atomic E-state index is 11.4. The Kier molecular flexibility index (Phi) is 4.78. The van der Waals surface area contributed by atoms with Crippen LogP contribution in [0.15, 0.2) is 27.0 Å². The molecule has 100 valence electrons. The maximum atomic E-state index is 11.4. The van der Waals surface area contributed by atoms with E-state index in [4.69, 9.17) is 5.73 Å². The van der Waals surface area contributed by atoms with Gasteiger partial charge in [0.15, 0.2) is 4.34 Å². The highest BCUT2D eigenvalue weighted by Crippen LogP contribution is 2.30. The topological polar surface area (TPSA) is 78.1 Å². The van der Waals surface area contributed by atoms with E-state index in [1.165, 1.54) is 18.4 Å². The summed E-state index contributed by atoms with van der Waals surface area (Å²) in [6.07, 6.45) is 0. The van der Waals surface area contributed by atoms with E-state index in [-0.39, 0.29) is 5.97 Å². The fraction of sp³-hybridized carbons (Fsp3) is 0.182. The molecule has 0 radical (unpaired) electrons. The smallest absolute Gasteiger partial charge is 0.337 e. The molecule has 0 bridgehead atoms. The highest BCUT2D eigenvalue weighted by Gasteiger charge is 2.09. The van der Waals surface area contributed by atoms with Crippen molar-refractivity contribution in [2.45, 2.75) is 10.1 Å². The van der Waals surface area contributed by atoms with Crippen LogP contribution in [0.1, 0.15) is 15.9 Å². The van der Waals surface area contributed by atoms with Gasteiger partial charge in [-0.15, -0.1) is 10.2 Å². The van der Waals surface area contributed by atoms with E-state index < -0.39 is 0 Å². The number of nitrogens with zero attached hydrogens (tertiary/aromatic N) is 2. The van der Waals surface area contributed by atoms with Gasteiger partial charge in [0.25, 0.3) is 0 Å². The number of anilines is 1. The van der Waals surface area contributed by atoms with Crippen LogP contribution in [0, 0.1) is 0 Å². The SMILES string of the molecule is COC(=O)c1ccc(CSc2nnc(N)s2)c(Br)c1. The summed E-state index contributed by atoms with van der Waals surface area (Å²) in [4.78, 5) is 11.4. The van der Waals surface area contributed by atoms with E-state index in [1.54, 1.807) is 23.9 Å². The average Bonchev–Trinajstić information content (AvgIpc) is 2.82. The highest BCUT2D eigenvalue weighted by atomic mass is 79.9. The van der Waals surface area contributed by atoms with Gasteiger partial charge < -0.3 is 10.5 Å². The molecule has 0 saturated heterocycles. The van der Waals surface area contributed by atoms with Gasteiger partial charge in [-0.25, -0.2) is 4.79 Å². The summed E-state index contributed by atoms with van der Waals surface area (Å²) in [5, 5.41) is 8.15. The molecule has 1 heterocycles. The summed E-state index contributed by atoms with van der Waals surface area (Å²) in [5.41, 5.74) is 7.10. The molecule has 2 N–H and O–H groups in total. The van der Waals surface area contributed by atoms with Crippen molar-refractivity contribution in [3.63, 3.8) is 0 Å². The van der Waals surface area contributed by atoms with Crippen molar-refractivity contribution in [3.05, 3.63) is 33.8 Å². The van der Waals surface area contributed by atoms with Crippen LogP contribution in [0.2, 0.25) is 0 Å². The Morgan fingerprint density at radius 2 is 2.32 bits per heavy atom. The van der Waals surface area contributed by atoms with Crippen LogP contribution in [0.3, 0.4) is 0 Å². The van der Waals surface area contributed by atoms with E-state index in [1.807, 2.05) is 6.07 Å². The number of carbonyl (C=O) groups is 1. The van der Waals surface area contributed by atoms with Crippen LogP contribution >= 0.6 is 39.0 Å². The Hall–Kier alpha value is -1.12. The number of hydrogen-bond donors (Lipinski definition) is 1. The Bertz CT molecular complexity index is 603. The van der Waals surface area contributed by atoms with Crippen molar-refractivity contribution in [2.24, 2.45) is 0 Å². The molecule has 0 saturated carbocycles. The van der Waals surface area contributed by atoms with E-state index in [0.717, 1.165) is 20.1 Å². The molecule has 0 spiro atoms. The lowest BCUT2D eigenvalue weighted by molar-refractivity contribution is 0.0600. The first-order valence-corrected chi connectivity index (χ1v) is 7.78. The van der Waals surface area contributed by atoms with Crippen molar-refractivity contribution < 1.29 is 9.53 Å². The molecule has 0 unspecified atom stereocenters. The number of thioether (sulfide) groups is 1. The zero-order valence-corrected chi connectivity index (χ0v) is 13.1. The van der Waals surface area contributed by atoms with Crippen LogP contribution in [0.4, 0.5) is 5.13 Å².